The average Bonchev–Trinajstić information content (AvgIpc) is 2.30. The predicted molar refractivity (Wildman–Crippen MR) is 74.2 cm³/mol. The van der Waals surface area contributed by atoms with Crippen molar-refractivity contribution in [2.45, 2.75) is 33.1 Å². The van der Waals surface area contributed by atoms with Gasteiger partial charge in [0.25, 0.3) is 0 Å². The second kappa shape index (κ2) is 6.36. The van der Waals surface area contributed by atoms with E-state index in [-0.39, 0.29) is 18.9 Å². The van der Waals surface area contributed by atoms with Gasteiger partial charge in [-0.05, 0) is 29.5 Å². The summed E-state index contributed by atoms with van der Waals surface area (Å²) in [5, 5.41) is 8.68. The minimum atomic E-state index is -0.997. The molecule has 0 saturated heterocycles. The Morgan fingerprint density at radius 3 is 2.47 bits per heavy atom. The van der Waals surface area contributed by atoms with Crippen molar-refractivity contribution in [3.8, 4) is 0 Å². The summed E-state index contributed by atoms with van der Waals surface area (Å²) in [6.07, 6.45) is 0.246. The molecule has 0 unspecified atom stereocenters. The van der Waals surface area contributed by atoms with Crippen LogP contribution in [0.3, 0.4) is 0 Å². The minimum absolute atomic E-state index is 0.175. The van der Waals surface area contributed by atoms with E-state index in [1.54, 1.807) is 0 Å². The highest BCUT2D eigenvalue weighted by atomic mass is 16.4. The molecule has 0 aromatic heterocycles. The maximum Gasteiger partial charge on any atom is 0.323 e. The van der Waals surface area contributed by atoms with Gasteiger partial charge >= 0.3 is 5.97 Å². The third-order valence-corrected chi connectivity index (χ3v) is 3.18. The van der Waals surface area contributed by atoms with Crippen molar-refractivity contribution in [1.29, 1.82) is 0 Å². The third-order valence-electron chi connectivity index (χ3n) is 3.18. The third kappa shape index (κ3) is 4.39. The Morgan fingerprint density at radius 2 is 1.95 bits per heavy atom. The van der Waals surface area contributed by atoms with Crippen LogP contribution in [0.15, 0.2) is 18.2 Å². The molecule has 19 heavy (non-hydrogen) atoms. The molecule has 1 rings (SSSR count). The molecule has 0 bridgehead atoms. The Kier molecular flexibility index (Phi) is 5.10. The van der Waals surface area contributed by atoms with E-state index in [1.165, 1.54) is 17.5 Å². The Morgan fingerprint density at radius 1 is 1.32 bits per heavy atom. The fourth-order valence-corrected chi connectivity index (χ4v) is 1.83. The van der Waals surface area contributed by atoms with Gasteiger partial charge in [0.05, 0.1) is 6.42 Å². The molecule has 1 amide bonds. The zero-order valence-corrected chi connectivity index (χ0v) is 11.9. The molecule has 0 aliphatic rings. The fourth-order valence-electron chi connectivity index (χ4n) is 1.83. The predicted octanol–water partition coefficient (Wildman–Crippen LogP) is 2.20. The molecule has 0 spiro atoms. The number of carbonyl (C=O) groups is 2. The lowest BCUT2D eigenvalue weighted by atomic mass is 9.96. The average molecular weight is 263 g/mol. The first-order chi connectivity index (χ1) is 8.81. The van der Waals surface area contributed by atoms with Gasteiger partial charge in [-0.25, -0.2) is 0 Å². The number of carboxylic acids is 1. The van der Waals surface area contributed by atoms with Gasteiger partial charge < -0.3 is 10.0 Å². The molecule has 1 N–H and O–H groups in total. The van der Waals surface area contributed by atoms with E-state index in [2.05, 4.69) is 19.9 Å². The number of aliphatic carboxylic acids is 1. The monoisotopic (exact) mass is 263 g/mol. The van der Waals surface area contributed by atoms with E-state index in [1.807, 2.05) is 19.1 Å². The lowest BCUT2D eigenvalue weighted by Crippen LogP contribution is -2.33. The number of carboxylic acid groups (broad SMARTS) is 1. The first kappa shape index (κ1) is 15.2. The van der Waals surface area contributed by atoms with Gasteiger partial charge in [-0.15, -0.1) is 0 Å². The first-order valence-electron chi connectivity index (χ1n) is 6.36. The Balaban J connectivity index is 2.84. The van der Waals surface area contributed by atoms with Crippen molar-refractivity contribution in [3.63, 3.8) is 0 Å². The molecule has 104 valence electrons. The largest absolute Gasteiger partial charge is 0.480 e. The van der Waals surface area contributed by atoms with Crippen LogP contribution in [-0.2, 0) is 16.0 Å². The summed E-state index contributed by atoms with van der Waals surface area (Å²) in [6.45, 7) is 5.91. The molecule has 4 heteroatoms. The SMILES string of the molecule is Cc1ccc(C(C)C)cc1CC(=O)N(C)CC(=O)O. The molecule has 1 aromatic carbocycles. The van der Waals surface area contributed by atoms with Crippen LogP contribution in [0.5, 0.6) is 0 Å². The lowest BCUT2D eigenvalue weighted by Gasteiger charge is -2.16. The highest BCUT2D eigenvalue weighted by Crippen LogP contribution is 2.19. The van der Waals surface area contributed by atoms with Gasteiger partial charge in [-0.3, -0.25) is 9.59 Å². The molecule has 4 nitrogen and oxygen atoms in total. The standard InChI is InChI=1S/C15H21NO3/c1-10(2)12-6-5-11(3)13(7-12)8-14(17)16(4)9-15(18)19/h5-7,10H,8-9H2,1-4H3,(H,18,19). The van der Waals surface area contributed by atoms with Gasteiger partial charge in [0.1, 0.15) is 6.54 Å². The lowest BCUT2D eigenvalue weighted by molar-refractivity contribution is -0.143. The molecule has 1 aromatic rings. The second-order valence-electron chi connectivity index (χ2n) is 5.16. The Labute approximate surface area is 114 Å². The quantitative estimate of drug-likeness (QED) is 0.886. The topological polar surface area (TPSA) is 57.6 Å². The van der Waals surface area contributed by atoms with Crippen LogP contribution in [0.4, 0.5) is 0 Å². The molecule has 0 radical (unpaired) electrons. The normalized spacial score (nSPS) is 10.6. The first-order valence-corrected chi connectivity index (χ1v) is 6.36. The highest BCUT2D eigenvalue weighted by Gasteiger charge is 2.14. The number of hydrogen-bond donors (Lipinski definition) is 1. The Bertz CT molecular complexity index is 480. The number of aryl methyl sites for hydroxylation is 1. The molecular weight excluding hydrogens is 242 g/mol. The number of rotatable bonds is 5. The molecule has 0 atom stereocenters. The molecule has 0 saturated carbocycles. The smallest absolute Gasteiger partial charge is 0.323 e. The van der Waals surface area contributed by atoms with Crippen molar-refractivity contribution in [2.24, 2.45) is 0 Å². The summed E-state index contributed by atoms with van der Waals surface area (Å²) in [6, 6.07) is 6.11. The molecular formula is C15H21NO3. The summed E-state index contributed by atoms with van der Waals surface area (Å²) in [4.78, 5) is 23.8. The van der Waals surface area contributed by atoms with Crippen LogP contribution in [-0.4, -0.2) is 35.5 Å². The van der Waals surface area contributed by atoms with Crippen LogP contribution in [0.1, 0.15) is 36.5 Å². The summed E-state index contributed by atoms with van der Waals surface area (Å²) in [7, 11) is 1.51. The van der Waals surface area contributed by atoms with Crippen LogP contribution in [0, 0.1) is 6.92 Å². The van der Waals surface area contributed by atoms with E-state index >= 15 is 0 Å². The van der Waals surface area contributed by atoms with Crippen LogP contribution >= 0.6 is 0 Å². The van der Waals surface area contributed by atoms with Gasteiger partial charge in [-0.2, -0.15) is 0 Å². The van der Waals surface area contributed by atoms with Crippen molar-refractivity contribution in [1.82, 2.24) is 4.90 Å². The van der Waals surface area contributed by atoms with E-state index < -0.39 is 5.97 Å². The number of amides is 1. The van der Waals surface area contributed by atoms with Crippen molar-refractivity contribution >= 4 is 11.9 Å². The van der Waals surface area contributed by atoms with Gasteiger partial charge in [0.2, 0.25) is 5.91 Å². The summed E-state index contributed by atoms with van der Waals surface area (Å²) in [5.74, 6) is -0.763. The number of carbonyl (C=O) groups excluding carboxylic acids is 1. The maximum absolute atomic E-state index is 11.9. The highest BCUT2D eigenvalue weighted by molar-refractivity contribution is 5.83. The zero-order valence-electron chi connectivity index (χ0n) is 11.9. The Hall–Kier alpha value is -1.84. The zero-order chi connectivity index (χ0) is 14.6. The number of nitrogens with zero attached hydrogens (tertiary/aromatic N) is 1. The fraction of sp³-hybridized carbons (Fsp3) is 0.467. The van der Waals surface area contributed by atoms with E-state index in [4.69, 9.17) is 5.11 Å². The summed E-state index contributed by atoms with van der Waals surface area (Å²) in [5.41, 5.74) is 3.21. The van der Waals surface area contributed by atoms with Crippen molar-refractivity contribution in [3.05, 3.63) is 34.9 Å². The molecule has 0 aliphatic carbocycles. The van der Waals surface area contributed by atoms with Crippen molar-refractivity contribution < 1.29 is 14.7 Å². The second-order valence-corrected chi connectivity index (χ2v) is 5.16. The van der Waals surface area contributed by atoms with Crippen molar-refractivity contribution in [2.75, 3.05) is 13.6 Å². The van der Waals surface area contributed by atoms with Gasteiger partial charge in [-0.1, -0.05) is 32.0 Å². The van der Waals surface area contributed by atoms with Gasteiger partial charge in [0, 0.05) is 7.05 Å². The number of benzene rings is 1. The van der Waals surface area contributed by atoms with Crippen LogP contribution in [0.25, 0.3) is 0 Å². The minimum Gasteiger partial charge on any atom is -0.480 e. The number of hydrogen-bond acceptors (Lipinski definition) is 2. The number of likely N-dealkylation sites (N-methyl/N-ethyl adjacent to an activating group) is 1. The van der Waals surface area contributed by atoms with E-state index in [0.29, 0.717) is 5.92 Å². The molecule has 0 aliphatic heterocycles. The summed E-state index contributed by atoms with van der Waals surface area (Å²) >= 11 is 0. The maximum atomic E-state index is 11.9. The summed E-state index contributed by atoms with van der Waals surface area (Å²) < 4.78 is 0. The van der Waals surface area contributed by atoms with Gasteiger partial charge in [0.15, 0.2) is 0 Å². The van der Waals surface area contributed by atoms with Crippen LogP contribution in [0.2, 0.25) is 0 Å². The molecule has 0 heterocycles. The van der Waals surface area contributed by atoms with E-state index in [9.17, 15) is 9.59 Å². The molecule has 0 fully saturated rings. The van der Waals surface area contributed by atoms with E-state index in [0.717, 1.165) is 11.1 Å². The van der Waals surface area contributed by atoms with Crippen LogP contribution < -0.4 is 0 Å².